The summed E-state index contributed by atoms with van der Waals surface area (Å²) in [5.74, 6) is 0. The number of hydrogen-bond donors (Lipinski definition) is 2. The van der Waals surface area contributed by atoms with Crippen molar-refractivity contribution >= 4 is 11.7 Å². The van der Waals surface area contributed by atoms with Gasteiger partial charge in [0.05, 0.1) is 23.9 Å². The molecule has 0 saturated carbocycles. The number of carbonyl (C=O) groups is 1. The molecule has 0 radical (unpaired) electrons. The molecule has 0 aliphatic carbocycles. The van der Waals surface area contributed by atoms with Crippen LogP contribution in [0.5, 0.6) is 0 Å². The van der Waals surface area contributed by atoms with Gasteiger partial charge in [-0.1, -0.05) is 67.9 Å². The fraction of sp³-hybridized carbons (Fsp3) is 0.194. The number of benzene rings is 3. The lowest BCUT2D eigenvalue weighted by atomic mass is 9.97. The highest BCUT2D eigenvalue weighted by Crippen LogP contribution is 2.30. The van der Waals surface area contributed by atoms with Crippen LogP contribution in [0.1, 0.15) is 42.1 Å². The summed E-state index contributed by atoms with van der Waals surface area (Å²) in [6.45, 7) is 4.12. The Kier molecular flexibility index (Phi) is 8.17. The number of aromatic nitrogens is 1. The number of rotatable bonds is 8. The SMILES string of the molecule is CCCCc1cc(C)c(CNC(=O)Nc2ccccc2)c(=O)n1-c1ccccc1-c1ccccc1C#N. The zero-order valence-corrected chi connectivity index (χ0v) is 21.1. The Balaban J connectivity index is 1.77. The molecule has 0 unspecified atom stereocenters. The van der Waals surface area contributed by atoms with E-state index in [1.807, 2.05) is 73.7 Å². The van der Waals surface area contributed by atoms with Crippen LogP contribution in [0.15, 0.2) is 89.7 Å². The molecule has 0 aliphatic heterocycles. The Bertz CT molecular complexity index is 1500. The van der Waals surface area contributed by atoms with Crippen LogP contribution in [0.2, 0.25) is 0 Å². The van der Waals surface area contributed by atoms with E-state index in [0.29, 0.717) is 16.8 Å². The number of nitriles is 1. The summed E-state index contributed by atoms with van der Waals surface area (Å²) in [5, 5.41) is 15.3. The van der Waals surface area contributed by atoms with E-state index < -0.39 is 0 Å². The number of pyridine rings is 1. The van der Waals surface area contributed by atoms with Gasteiger partial charge in [0.2, 0.25) is 0 Å². The van der Waals surface area contributed by atoms with Gasteiger partial charge in [-0.3, -0.25) is 9.36 Å². The molecule has 4 aromatic rings. The summed E-state index contributed by atoms with van der Waals surface area (Å²) < 4.78 is 1.75. The lowest BCUT2D eigenvalue weighted by Gasteiger charge is -2.20. The highest BCUT2D eigenvalue weighted by atomic mass is 16.2. The van der Waals surface area contributed by atoms with Crippen LogP contribution in [0.3, 0.4) is 0 Å². The van der Waals surface area contributed by atoms with E-state index in [4.69, 9.17) is 0 Å². The Hall–Kier alpha value is -4.63. The van der Waals surface area contributed by atoms with Crippen LogP contribution in [0.4, 0.5) is 10.5 Å². The summed E-state index contributed by atoms with van der Waals surface area (Å²) in [5.41, 5.74) is 5.61. The first-order valence-electron chi connectivity index (χ1n) is 12.5. The van der Waals surface area contributed by atoms with E-state index in [1.165, 1.54) is 0 Å². The maximum Gasteiger partial charge on any atom is 0.319 e. The zero-order chi connectivity index (χ0) is 26.2. The van der Waals surface area contributed by atoms with Gasteiger partial charge < -0.3 is 10.6 Å². The van der Waals surface area contributed by atoms with Crippen LogP contribution in [-0.4, -0.2) is 10.6 Å². The van der Waals surface area contributed by atoms with Gasteiger partial charge in [-0.2, -0.15) is 5.26 Å². The number of para-hydroxylation sites is 2. The lowest BCUT2D eigenvalue weighted by molar-refractivity contribution is 0.251. The lowest BCUT2D eigenvalue weighted by Crippen LogP contribution is -2.34. The molecule has 37 heavy (non-hydrogen) atoms. The predicted octanol–water partition coefficient (Wildman–Crippen LogP) is 6.35. The summed E-state index contributed by atoms with van der Waals surface area (Å²) in [6, 6.07) is 28.2. The van der Waals surface area contributed by atoms with Gasteiger partial charge in [-0.25, -0.2) is 4.79 Å². The standard InChI is InChI=1S/C31H30N4O2/c1-3-4-15-25-19-22(2)28(21-33-31(37)34-24-13-6-5-7-14-24)30(36)35(25)29-18-11-10-17-27(29)26-16-9-8-12-23(26)20-32/h5-14,16-19H,3-4,15,21H2,1-2H3,(H2,33,34,37). The van der Waals surface area contributed by atoms with Crippen molar-refractivity contribution in [1.29, 1.82) is 5.26 Å². The maximum atomic E-state index is 14.0. The van der Waals surface area contributed by atoms with Crippen molar-refractivity contribution in [3.8, 4) is 22.9 Å². The van der Waals surface area contributed by atoms with Gasteiger partial charge in [-0.15, -0.1) is 0 Å². The first-order valence-corrected chi connectivity index (χ1v) is 12.5. The first-order chi connectivity index (χ1) is 18.0. The summed E-state index contributed by atoms with van der Waals surface area (Å²) in [7, 11) is 0. The maximum absolute atomic E-state index is 14.0. The number of nitrogens with zero attached hydrogens (tertiary/aromatic N) is 2. The molecular formula is C31H30N4O2. The average Bonchev–Trinajstić information content (AvgIpc) is 2.92. The van der Waals surface area contributed by atoms with E-state index in [0.717, 1.165) is 47.3 Å². The molecule has 0 bridgehead atoms. The Morgan fingerprint density at radius 2 is 1.62 bits per heavy atom. The van der Waals surface area contributed by atoms with Crippen molar-refractivity contribution in [3.05, 3.63) is 118 Å². The second kappa shape index (κ2) is 11.9. The van der Waals surface area contributed by atoms with Gasteiger partial charge in [0, 0.05) is 28.1 Å². The molecule has 1 aromatic heterocycles. The quantitative estimate of drug-likeness (QED) is 0.302. The molecule has 4 rings (SSSR count). The second-order valence-electron chi connectivity index (χ2n) is 8.89. The molecule has 6 heteroatoms. The molecule has 3 aromatic carbocycles. The van der Waals surface area contributed by atoms with Gasteiger partial charge in [0.15, 0.2) is 0 Å². The van der Waals surface area contributed by atoms with Crippen molar-refractivity contribution in [2.75, 3.05) is 5.32 Å². The highest BCUT2D eigenvalue weighted by Gasteiger charge is 2.18. The molecule has 186 valence electrons. The average molecular weight is 491 g/mol. The molecule has 1 heterocycles. The molecular weight excluding hydrogens is 460 g/mol. The normalized spacial score (nSPS) is 10.5. The fourth-order valence-corrected chi connectivity index (χ4v) is 4.43. The molecule has 6 nitrogen and oxygen atoms in total. The van der Waals surface area contributed by atoms with Crippen molar-refractivity contribution in [3.63, 3.8) is 0 Å². The monoisotopic (exact) mass is 490 g/mol. The van der Waals surface area contributed by atoms with Crippen LogP contribution in [0.25, 0.3) is 16.8 Å². The van der Waals surface area contributed by atoms with Gasteiger partial charge in [0.1, 0.15) is 0 Å². The number of urea groups is 1. The van der Waals surface area contributed by atoms with E-state index in [-0.39, 0.29) is 18.1 Å². The number of unbranched alkanes of at least 4 members (excludes halogenated alkanes) is 1. The van der Waals surface area contributed by atoms with Gasteiger partial charge in [0.25, 0.3) is 5.56 Å². The van der Waals surface area contributed by atoms with Crippen LogP contribution in [0, 0.1) is 18.3 Å². The summed E-state index contributed by atoms with van der Waals surface area (Å²) in [6.07, 6.45) is 2.67. The molecule has 0 spiro atoms. The molecule has 0 fully saturated rings. The molecule has 0 aliphatic rings. The fourth-order valence-electron chi connectivity index (χ4n) is 4.43. The van der Waals surface area contributed by atoms with Crippen molar-refractivity contribution < 1.29 is 4.79 Å². The van der Waals surface area contributed by atoms with E-state index >= 15 is 0 Å². The van der Waals surface area contributed by atoms with Crippen LogP contribution in [-0.2, 0) is 13.0 Å². The number of amides is 2. The van der Waals surface area contributed by atoms with Gasteiger partial charge in [-0.05, 0) is 55.7 Å². The van der Waals surface area contributed by atoms with Crippen molar-refractivity contribution in [2.24, 2.45) is 0 Å². The summed E-state index contributed by atoms with van der Waals surface area (Å²) >= 11 is 0. The van der Waals surface area contributed by atoms with E-state index in [1.54, 1.807) is 22.8 Å². The largest absolute Gasteiger partial charge is 0.334 e. The molecule has 2 N–H and O–H groups in total. The third kappa shape index (κ3) is 5.79. The third-order valence-corrected chi connectivity index (χ3v) is 6.33. The van der Waals surface area contributed by atoms with Crippen LogP contribution < -0.4 is 16.2 Å². The molecule has 2 amide bonds. The number of carbonyl (C=O) groups excluding carboxylic acids is 1. The topological polar surface area (TPSA) is 86.9 Å². The molecule has 0 atom stereocenters. The highest BCUT2D eigenvalue weighted by molar-refractivity contribution is 5.89. The van der Waals surface area contributed by atoms with Crippen molar-refractivity contribution in [2.45, 2.75) is 39.7 Å². The first kappa shape index (κ1) is 25.5. The number of hydrogen-bond acceptors (Lipinski definition) is 3. The minimum atomic E-state index is -0.380. The van der Waals surface area contributed by atoms with E-state index in [9.17, 15) is 14.9 Å². The minimum Gasteiger partial charge on any atom is -0.334 e. The Morgan fingerprint density at radius 1 is 0.946 bits per heavy atom. The van der Waals surface area contributed by atoms with Gasteiger partial charge >= 0.3 is 6.03 Å². The number of anilines is 1. The van der Waals surface area contributed by atoms with Crippen molar-refractivity contribution in [1.82, 2.24) is 9.88 Å². The smallest absolute Gasteiger partial charge is 0.319 e. The van der Waals surface area contributed by atoms with E-state index in [2.05, 4.69) is 23.6 Å². The Labute approximate surface area is 217 Å². The second-order valence-corrected chi connectivity index (χ2v) is 8.89. The van der Waals surface area contributed by atoms with Crippen LogP contribution >= 0.6 is 0 Å². The Morgan fingerprint density at radius 3 is 2.35 bits per heavy atom. The predicted molar refractivity (Wildman–Crippen MR) is 148 cm³/mol. The number of aryl methyl sites for hydroxylation is 2. The third-order valence-electron chi connectivity index (χ3n) is 6.33. The minimum absolute atomic E-state index is 0.0916. The zero-order valence-electron chi connectivity index (χ0n) is 21.1. The number of nitrogens with one attached hydrogen (secondary N) is 2. The molecule has 0 saturated heterocycles. The summed E-state index contributed by atoms with van der Waals surface area (Å²) in [4.78, 5) is 26.5.